The second kappa shape index (κ2) is 5.43. The Labute approximate surface area is 131 Å². The molecule has 0 aliphatic rings. The number of rotatable bonds is 2. The number of carbonyl (C=O) groups is 1. The summed E-state index contributed by atoms with van der Waals surface area (Å²) in [5, 5.41) is 1.54. The van der Waals surface area contributed by atoms with Gasteiger partial charge in [-0.2, -0.15) is 0 Å². The highest BCUT2D eigenvalue weighted by Gasteiger charge is 2.15. The summed E-state index contributed by atoms with van der Waals surface area (Å²) < 4.78 is 0. The van der Waals surface area contributed by atoms with Gasteiger partial charge in [-0.15, -0.1) is 0 Å². The molecule has 3 aromatic rings. The van der Waals surface area contributed by atoms with Crippen LogP contribution in [0.15, 0.2) is 42.6 Å². The van der Waals surface area contributed by atoms with E-state index in [1.165, 1.54) is 12.3 Å². The number of hydrogen-bond acceptors (Lipinski definition) is 3. The van der Waals surface area contributed by atoms with Crippen LogP contribution in [0.4, 0.5) is 0 Å². The Morgan fingerprint density at radius 2 is 1.90 bits per heavy atom. The fourth-order valence-electron chi connectivity index (χ4n) is 2.09. The van der Waals surface area contributed by atoms with E-state index < -0.39 is 0 Å². The number of halogens is 2. The SMILES string of the molecule is Cc1ccc2cc(C(=O)c3ncc(Cl)cc3Cl)ccc2n1. The molecule has 0 unspecified atom stereocenters. The van der Waals surface area contributed by atoms with Gasteiger partial charge in [0.25, 0.3) is 0 Å². The van der Waals surface area contributed by atoms with Crippen molar-refractivity contribution < 1.29 is 4.79 Å². The summed E-state index contributed by atoms with van der Waals surface area (Å²) in [6.07, 6.45) is 1.41. The smallest absolute Gasteiger partial charge is 0.212 e. The molecule has 5 heteroatoms. The number of nitrogens with zero attached hydrogens (tertiary/aromatic N) is 2. The zero-order chi connectivity index (χ0) is 15.0. The Kier molecular flexibility index (Phi) is 3.62. The summed E-state index contributed by atoms with van der Waals surface area (Å²) >= 11 is 11.8. The lowest BCUT2D eigenvalue weighted by atomic mass is 10.0. The van der Waals surface area contributed by atoms with E-state index in [1.807, 2.05) is 25.1 Å². The van der Waals surface area contributed by atoms with E-state index in [2.05, 4.69) is 9.97 Å². The fraction of sp³-hybridized carbons (Fsp3) is 0.0625. The summed E-state index contributed by atoms with van der Waals surface area (Å²) in [6.45, 7) is 1.93. The molecule has 1 aromatic carbocycles. The van der Waals surface area contributed by atoms with Gasteiger partial charge in [-0.3, -0.25) is 9.78 Å². The molecule has 21 heavy (non-hydrogen) atoms. The van der Waals surface area contributed by atoms with Crippen LogP contribution in [-0.4, -0.2) is 15.8 Å². The first-order valence-corrected chi connectivity index (χ1v) is 7.03. The average molecular weight is 317 g/mol. The molecule has 0 aliphatic heterocycles. The van der Waals surface area contributed by atoms with Gasteiger partial charge < -0.3 is 0 Å². The van der Waals surface area contributed by atoms with Crippen LogP contribution in [0.1, 0.15) is 21.7 Å². The van der Waals surface area contributed by atoms with E-state index >= 15 is 0 Å². The molecule has 0 spiro atoms. The average Bonchev–Trinajstić information content (AvgIpc) is 2.46. The maximum atomic E-state index is 12.5. The van der Waals surface area contributed by atoms with Crippen molar-refractivity contribution in [1.29, 1.82) is 0 Å². The summed E-state index contributed by atoms with van der Waals surface area (Å²) in [5.74, 6) is -0.237. The topological polar surface area (TPSA) is 42.9 Å². The number of aryl methyl sites for hydroxylation is 1. The molecule has 104 valence electrons. The first-order chi connectivity index (χ1) is 10.0. The summed E-state index contributed by atoms with van der Waals surface area (Å²) in [5.41, 5.74) is 2.50. The number of aromatic nitrogens is 2. The van der Waals surface area contributed by atoms with E-state index in [9.17, 15) is 4.79 Å². The molecule has 0 fully saturated rings. The van der Waals surface area contributed by atoms with Gasteiger partial charge in [-0.05, 0) is 37.3 Å². The Balaban J connectivity index is 2.07. The van der Waals surface area contributed by atoms with Gasteiger partial charge in [0.15, 0.2) is 0 Å². The Morgan fingerprint density at radius 1 is 1.10 bits per heavy atom. The van der Waals surface area contributed by atoms with Crippen LogP contribution in [0, 0.1) is 6.92 Å². The minimum Gasteiger partial charge on any atom is -0.287 e. The zero-order valence-corrected chi connectivity index (χ0v) is 12.6. The highest BCUT2D eigenvalue weighted by Crippen LogP contribution is 2.22. The van der Waals surface area contributed by atoms with E-state index in [4.69, 9.17) is 23.2 Å². The van der Waals surface area contributed by atoms with Crippen LogP contribution >= 0.6 is 23.2 Å². The second-order valence-electron chi connectivity index (χ2n) is 4.67. The standard InChI is InChI=1S/C16H10Cl2N2O/c1-9-2-3-10-6-11(4-5-14(10)20-9)16(21)15-13(18)7-12(17)8-19-15/h2-8H,1H3. The van der Waals surface area contributed by atoms with Crippen LogP contribution < -0.4 is 0 Å². The van der Waals surface area contributed by atoms with E-state index in [0.29, 0.717) is 10.6 Å². The van der Waals surface area contributed by atoms with Gasteiger partial charge in [0.2, 0.25) is 5.78 Å². The fourth-order valence-corrected chi connectivity index (χ4v) is 2.55. The molecule has 3 nitrogen and oxygen atoms in total. The first kappa shape index (κ1) is 14.0. The number of carbonyl (C=O) groups excluding carboxylic acids is 1. The predicted octanol–water partition coefficient (Wildman–Crippen LogP) is 4.48. The lowest BCUT2D eigenvalue weighted by Gasteiger charge is -2.05. The molecule has 0 aliphatic carbocycles. The first-order valence-electron chi connectivity index (χ1n) is 6.28. The lowest BCUT2D eigenvalue weighted by Crippen LogP contribution is -2.05. The van der Waals surface area contributed by atoms with E-state index in [1.54, 1.807) is 12.1 Å². The molecule has 0 atom stereocenters. The summed E-state index contributed by atoms with van der Waals surface area (Å²) in [4.78, 5) is 20.9. The number of ketones is 1. The highest BCUT2D eigenvalue weighted by molar-refractivity contribution is 6.37. The number of hydrogen-bond donors (Lipinski definition) is 0. The van der Waals surface area contributed by atoms with Gasteiger partial charge in [0, 0.05) is 22.8 Å². The molecular formula is C16H10Cl2N2O. The Morgan fingerprint density at radius 3 is 2.67 bits per heavy atom. The molecule has 3 rings (SSSR count). The van der Waals surface area contributed by atoms with E-state index in [0.717, 1.165) is 16.6 Å². The third kappa shape index (κ3) is 2.75. The van der Waals surface area contributed by atoms with Crippen LogP contribution in [0.5, 0.6) is 0 Å². The monoisotopic (exact) mass is 316 g/mol. The number of fused-ring (bicyclic) bond motifs is 1. The van der Waals surface area contributed by atoms with Crippen LogP contribution in [0.3, 0.4) is 0 Å². The number of benzene rings is 1. The van der Waals surface area contributed by atoms with Crippen LogP contribution in [0.25, 0.3) is 10.9 Å². The van der Waals surface area contributed by atoms with Crippen LogP contribution in [0.2, 0.25) is 10.0 Å². The summed E-state index contributed by atoms with van der Waals surface area (Å²) in [6, 6.07) is 10.7. The Bertz CT molecular complexity index is 862. The zero-order valence-electron chi connectivity index (χ0n) is 11.1. The maximum Gasteiger partial charge on any atom is 0.212 e. The predicted molar refractivity (Wildman–Crippen MR) is 84.2 cm³/mol. The van der Waals surface area contributed by atoms with Crippen molar-refractivity contribution in [2.45, 2.75) is 6.92 Å². The van der Waals surface area contributed by atoms with Crippen molar-refractivity contribution in [3.05, 3.63) is 69.6 Å². The summed E-state index contributed by atoms with van der Waals surface area (Å²) in [7, 11) is 0. The molecule has 0 saturated heterocycles. The molecule has 0 bridgehead atoms. The largest absolute Gasteiger partial charge is 0.287 e. The lowest BCUT2D eigenvalue weighted by molar-refractivity contribution is 0.103. The van der Waals surface area contributed by atoms with Crippen molar-refractivity contribution in [3.63, 3.8) is 0 Å². The van der Waals surface area contributed by atoms with Crippen molar-refractivity contribution in [1.82, 2.24) is 9.97 Å². The van der Waals surface area contributed by atoms with Crippen molar-refractivity contribution in [3.8, 4) is 0 Å². The molecule has 0 amide bonds. The third-order valence-electron chi connectivity index (χ3n) is 3.11. The molecule has 0 radical (unpaired) electrons. The van der Waals surface area contributed by atoms with E-state index in [-0.39, 0.29) is 16.5 Å². The maximum absolute atomic E-state index is 12.5. The molecular weight excluding hydrogens is 307 g/mol. The highest BCUT2D eigenvalue weighted by atomic mass is 35.5. The minimum atomic E-state index is -0.237. The van der Waals surface area contributed by atoms with Gasteiger partial charge in [0.1, 0.15) is 5.69 Å². The van der Waals surface area contributed by atoms with Crippen molar-refractivity contribution >= 4 is 39.9 Å². The van der Waals surface area contributed by atoms with Gasteiger partial charge >= 0.3 is 0 Å². The van der Waals surface area contributed by atoms with Crippen molar-refractivity contribution in [2.75, 3.05) is 0 Å². The van der Waals surface area contributed by atoms with Crippen molar-refractivity contribution in [2.24, 2.45) is 0 Å². The number of pyridine rings is 2. The van der Waals surface area contributed by atoms with Crippen LogP contribution in [-0.2, 0) is 0 Å². The molecule has 2 heterocycles. The van der Waals surface area contributed by atoms with Gasteiger partial charge in [-0.1, -0.05) is 29.3 Å². The molecule has 0 N–H and O–H groups in total. The second-order valence-corrected chi connectivity index (χ2v) is 5.52. The molecule has 2 aromatic heterocycles. The van der Waals surface area contributed by atoms with Gasteiger partial charge in [0.05, 0.1) is 15.6 Å². The third-order valence-corrected chi connectivity index (χ3v) is 3.61. The quantitative estimate of drug-likeness (QED) is 0.655. The minimum absolute atomic E-state index is 0.195. The molecule has 0 saturated carbocycles. The van der Waals surface area contributed by atoms with Gasteiger partial charge in [-0.25, -0.2) is 4.98 Å². The Hall–Kier alpha value is -1.97. The normalized spacial score (nSPS) is 10.8.